The second-order valence-electron chi connectivity index (χ2n) is 7.70. The molecule has 0 unspecified atom stereocenters. The first-order valence-electron chi connectivity index (χ1n) is 9.22. The van der Waals surface area contributed by atoms with Crippen LogP contribution in [0.5, 0.6) is 0 Å². The fourth-order valence-electron chi connectivity index (χ4n) is 3.78. The number of rotatable bonds is 6. The normalized spacial score (nSPS) is 23.0. The SMILES string of the molecule is CN(C)C(=O)COC[C@H]1CC2(CCN(Cc3ccccc3)CC2)CO1. The Kier molecular flexibility index (Phi) is 6.10. The van der Waals surface area contributed by atoms with Gasteiger partial charge in [0.25, 0.3) is 0 Å². The fourth-order valence-corrected chi connectivity index (χ4v) is 3.78. The van der Waals surface area contributed by atoms with Gasteiger partial charge in [-0.25, -0.2) is 0 Å². The average molecular weight is 346 g/mol. The van der Waals surface area contributed by atoms with E-state index < -0.39 is 0 Å². The molecule has 1 atom stereocenters. The first-order valence-corrected chi connectivity index (χ1v) is 9.22. The number of hydrogen-bond donors (Lipinski definition) is 0. The van der Waals surface area contributed by atoms with Crippen molar-refractivity contribution in [2.75, 3.05) is 47.0 Å². The maximum absolute atomic E-state index is 11.6. The van der Waals surface area contributed by atoms with Crippen molar-refractivity contribution >= 4 is 5.91 Å². The Morgan fingerprint density at radius 2 is 2.00 bits per heavy atom. The van der Waals surface area contributed by atoms with Crippen LogP contribution in [0.4, 0.5) is 0 Å². The number of carbonyl (C=O) groups is 1. The summed E-state index contributed by atoms with van der Waals surface area (Å²) in [7, 11) is 3.49. The van der Waals surface area contributed by atoms with Crippen LogP contribution in [0.15, 0.2) is 30.3 Å². The van der Waals surface area contributed by atoms with E-state index in [1.807, 2.05) is 0 Å². The molecule has 1 aromatic rings. The van der Waals surface area contributed by atoms with Gasteiger partial charge in [0.15, 0.2) is 0 Å². The van der Waals surface area contributed by atoms with Gasteiger partial charge in [-0.1, -0.05) is 30.3 Å². The van der Waals surface area contributed by atoms with E-state index in [-0.39, 0.29) is 18.6 Å². The molecular formula is C20H30N2O3. The van der Waals surface area contributed by atoms with E-state index in [0.29, 0.717) is 12.0 Å². The Bertz CT molecular complexity index is 553. The molecule has 138 valence electrons. The van der Waals surface area contributed by atoms with Gasteiger partial charge in [-0.3, -0.25) is 9.69 Å². The summed E-state index contributed by atoms with van der Waals surface area (Å²) < 4.78 is 11.5. The zero-order valence-electron chi connectivity index (χ0n) is 15.4. The van der Waals surface area contributed by atoms with Gasteiger partial charge < -0.3 is 14.4 Å². The second-order valence-corrected chi connectivity index (χ2v) is 7.70. The summed E-state index contributed by atoms with van der Waals surface area (Å²) in [5.41, 5.74) is 1.70. The van der Waals surface area contributed by atoms with E-state index in [9.17, 15) is 4.79 Å². The van der Waals surface area contributed by atoms with Crippen LogP contribution in [0.2, 0.25) is 0 Å². The van der Waals surface area contributed by atoms with Crippen molar-refractivity contribution in [3.05, 3.63) is 35.9 Å². The Hall–Kier alpha value is -1.43. The van der Waals surface area contributed by atoms with E-state index in [0.717, 1.165) is 32.7 Å². The number of carbonyl (C=O) groups excluding carboxylic acids is 1. The van der Waals surface area contributed by atoms with Gasteiger partial charge in [0.1, 0.15) is 6.61 Å². The van der Waals surface area contributed by atoms with Crippen molar-refractivity contribution in [3.63, 3.8) is 0 Å². The summed E-state index contributed by atoms with van der Waals surface area (Å²) in [5, 5.41) is 0. The van der Waals surface area contributed by atoms with Crippen molar-refractivity contribution in [2.24, 2.45) is 5.41 Å². The molecule has 2 saturated heterocycles. The van der Waals surface area contributed by atoms with Crippen LogP contribution in [-0.4, -0.2) is 68.8 Å². The van der Waals surface area contributed by atoms with Crippen LogP contribution in [0.1, 0.15) is 24.8 Å². The first-order chi connectivity index (χ1) is 12.1. The molecule has 1 amide bonds. The quantitative estimate of drug-likeness (QED) is 0.792. The molecule has 0 aliphatic carbocycles. The van der Waals surface area contributed by atoms with E-state index in [1.54, 1.807) is 19.0 Å². The summed E-state index contributed by atoms with van der Waals surface area (Å²) >= 11 is 0. The van der Waals surface area contributed by atoms with Gasteiger partial charge in [0.2, 0.25) is 5.91 Å². The topological polar surface area (TPSA) is 42.0 Å². The lowest BCUT2D eigenvalue weighted by Gasteiger charge is -2.38. The minimum absolute atomic E-state index is 0.00179. The van der Waals surface area contributed by atoms with Crippen LogP contribution in [0, 0.1) is 5.41 Å². The second kappa shape index (κ2) is 8.30. The molecule has 0 radical (unpaired) electrons. The number of amides is 1. The van der Waals surface area contributed by atoms with E-state index in [4.69, 9.17) is 9.47 Å². The number of ether oxygens (including phenoxy) is 2. The maximum Gasteiger partial charge on any atom is 0.248 e. The third-order valence-corrected chi connectivity index (χ3v) is 5.48. The lowest BCUT2D eigenvalue weighted by Crippen LogP contribution is -2.40. The molecule has 2 aliphatic heterocycles. The maximum atomic E-state index is 11.6. The van der Waals surface area contributed by atoms with E-state index in [1.165, 1.54) is 18.4 Å². The Balaban J connectivity index is 1.39. The Morgan fingerprint density at radius 1 is 1.28 bits per heavy atom. The number of piperidine rings is 1. The van der Waals surface area contributed by atoms with Gasteiger partial charge in [0, 0.05) is 20.6 Å². The van der Waals surface area contributed by atoms with E-state index >= 15 is 0 Å². The molecule has 0 N–H and O–H groups in total. The van der Waals surface area contributed by atoms with Crippen molar-refractivity contribution in [1.82, 2.24) is 9.80 Å². The van der Waals surface area contributed by atoms with Gasteiger partial charge in [-0.05, 0) is 43.3 Å². The lowest BCUT2D eigenvalue weighted by atomic mass is 9.76. The van der Waals surface area contributed by atoms with Gasteiger partial charge in [-0.15, -0.1) is 0 Å². The molecular weight excluding hydrogens is 316 g/mol. The predicted molar refractivity (Wildman–Crippen MR) is 97.3 cm³/mol. The van der Waals surface area contributed by atoms with Crippen molar-refractivity contribution in [1.29, 1.82) is 0 Å². The Morgan fingerprint density at radius 3 is 2.68 bits per heavy atom. The molecule has 0 bridgehead atoms. The standard InChI is InChI=1S/C20H30N2O3/c1-21(2)19(23)15-24-14-18-12-20(16-25-18)8-10-22(11-9-20)13-17-6-4-3-5-7-17/h3-7,18H,8-16H2,1-2H3/t18-/m1/s1. The van der Waals surface area contributed by atoms with E-state index in [2.05, 4.69) is 35.2 Å². The summed E-state index contributed by atoms with van der Waals surface area (Å²) in [5.74, 6) is 0.00179. The third-order valence-electron chi connectivity index (χ3n) is 5.48. The fraction of sp³-hybridized carbons (Fsp3) is 0.650. The molecule has 3 rings (SSSR count). The molecule has 1 spiro atoms. The lowest BCUT2D eigenvalue weighted by molar-refractivity contribution is -0.134. The summed E-state index contributed by atoms with van der Waals surface area (Å²) in [6.45, 7) is 4.80. The highest BCUT2D eigenvalue weighted by Crippen LogP contribution is 2.42. The minimum atomic E-state index is 0.00179. The molecule has 2 aliphatic rings. The monoisotopic (exact) mass is 346 g/mol. The molecule has 5 nitrogen and oxygen atoms in total. The van der Waals surface area contributed by atoms with Crippen molar-refractivity contribution in [3.8, 4) is 0 Å². The van der Waals surface area contributed by atoms with Crippen molar-refractivity contribution < 1.29 is 14.3 Å². The summed E-state index contributed by atoms with van der Waals surface area (Å²) in [6.07, 6.45) is 3.57. The zero-order chi connectivity index (χ0) is 17.7. The highest BCUT2D eigenvalue weighted by molar-refractivity contribution is 5.76. The zero-order valence-corrected chi connectivity index (χ0v) is 15.4. The van der Waals surface area contributed by atoms with Crippen LogP contribution in [-0.2, 0) is 20.8 Å². The first kappa shape index (κ1) is 18.4. The van der Waals surface area contributed by atoms with Crippen LogP contribution >= 0.6 is 0 Å². The van der Waals surface area contributed by atoms with Gasteiger partial charge in [-0.2, -0.15) is 0 Å². The van der Waals surface area contributed by atoms with Crippen molar-refractivity contribution in [2.45, 2.75) is 31.9 Å². The molecule has 2 heterocycles. The van der Waals surface area contributed by atoms with Gasteiger partial charge in [0.05, 0.1) is 19.3 Å². The number of hydrogen-bond acceptors (Lipinski definition) is 4. The summed E-state index contributed by atoms with van der Waals surface area (Å²) in [4.78, 5) is 15.6. The molecule has 0 aromatic heterocycles. The summed E-state index contributed by atoms with van der Waals surface area (Å²) in [6, 6.07) is 10.7. The highest BCUT2D eigenvalue weighted by Gasteiger charge is 2.42. The number of nitrogens with zero attached hydrogens (tertiary/aromatic N) is 2. The van der Waals surface area contributed by atoms with Gasteiger partial charge >= 0.3 is 0 Å². The minimum Gasteiger partial charge on any atom is -0.375 e. The smallest absolute Gasteiger partial charge is 0.248 e. The predicted octanol–water partition coefficient (Wildman–Crippen LogP) is 2.16. The number of likely N-dealkylation sites (N-methyl/N-ethyl adjacent to an activating group) is 1. The number of benzene rings is 1. The molecule has 2 fully saturated rings. The Labute approximate surface area is 150 Å². The number of likely N-dealkylation sites (tertiary alicyclic amines) is 1. The highest BCUT2D eigenvalue weighted by atomic mass is 16.5. The van der Waals surface area contributed by atoms with Crippen LogP contribution in [0.3, 0.4) is 0 Å². The van der Waals surface area contributed by atoms with Crippen LogP contribution in [0.25, 0.3) is 0 Å². The molecule has 1 aromatic carbocycles. The molecule has 25 heavy (non-hydrogen) atoms. The largest absolute Gasteiger partial charge is 0.375 e. The third kappa shape index (κ3) is 5.03. The molecule has 0 saturated carbocycles. The van der Waals surface area contributed by atoms with Crippen LogP contribution < -0.4 is 0 Å². The average Bonchev–Trinajstić information content (AvgIpc) is 3.01. The molecule has 5 heteroatoms.